The van der Waals surface area contributed by atoms with Crippen LogP contribution < -0.4 is 16.0 Å². The van der Waals surface area contributed by atoms with Gasteiger partial charge in [-0.05, 0) is 60.4 Å². The van der Waals surface area contributed by atoms with E-state index in [1.165, 1.54) is 12.1 Å². The van der Waals surface area contributed by atoms with E-state index in [1.54, 1.807) is 32.1 Å². The van der Waals surface area contributed by atoms with Crippen molar-refractivity contribution in [3.8, 4) is 0 Å². The van der Waals surface area contributed by atoms with Gasteiger partial charge in [-0.15, -0.1) is 11.8 Å². The minimum absolute atomic E-state index is 0.0228. The van der Waals surface area contributed by atoms with E-state index in [2.05, 4.69) is 93.7 Å². The van der Waals surface area contributed by atoms with Crippen molar-refractivity contribution in [1.29, 1.82) is 0 Å². The summed E-state index contributed by atoms with van der Waals surface area (Å²) in [6, 6.07) is 35.2. The standard InChI is InChI=1S/C41H42N4O5S/c1-3-34-38(47)45-35(4-2)40(49)50-33(27-37(46)42-28-32-23-16-25-36(43-32)39(48)44-34)24-14-15-26-51-41(29-17-8-5-9-18-29,30-19-10-6-11-20-30)31-21-12-7-13-22-31/h3,5-14,16-25,33,35H,4,15,26-28H2,1-2H3,(H,42,46)(H,44,48)(H,45,47)/b24-14+,34-3-/t33-,35+/m1/s1. The Hall–Kier alpha value is -5.48. The number of aromatic nitrogens is 1. The first-order chi connectivity index (χ1) is 24.8. The number of hydrogen-bond acceptors (Lipinski definition) is 7. The first kappa shape index (κ1) is 36.8. The van der Waals surface area contributed by atoms with E-state index in [9.17, 15) is 19.2 Å². The quantitative estimate of drug-likeness (QED) is 0.0623. The molecular weight excluding hydrogens is 661 g/mol. The number of nitrogens with one attached hydrogen (secondary N) is 3. The van der Waals surface area contributed by atoms with Gasteiger partial charge >= 0.3 is 5.97 Å². The molecule has 9 nitrogen and oxygen atoms in total. The molecule has 262 valence electrons. The Morgan fingerprint density at radius 3 is 2.00 bits per heavy atom. The minimum atomic E-state index is -1.00. The number of pyridine rings is 1. The molecule has 1 aliphatic heterocycles. The fourth-order valence-electron chi connectivity index (χ4n) is 5.84. The van der Waals surface area contributed by atoms with Crippen LogP contribution in [0.15, 0.2) is 133 Å². The predicted molar refractivity (Wildman–Crippen MR) is 199 cm³/mol. The maximum atomic E-state index is 13.4. The third-order valence-electron chi connectivity index (χ3n) is 8.43. The predicted octanol–water partition coefficient (Wildman–Crippen LogP) is 6.21. The zero-order valence-corrected chi connectivity index (χ0v) is 29.5. The summed E-state index contributed by atoms with van der Waals surface area (Å²) in [5, 5.41) is 8.03. The Bertz CT molecular complexity index is 1770. The lowest BCUT2D eigenvalue weighted by Crippen LogP contribution is -2.46. The van der Waals surface area contributed by atoms with Crippen molar-refractivity contribution in [1.82, 2.24) is 20.9 Å². The largest absolute Gasteiger partial charge is 0.456 e. The van der Waals surface area contributed by atoms with Crippen LogP contribution in [0.1, 0.15) is 66.0 Å². The highest BCUT2D eigenvalue weighted by Gasteiger charge is 2.36. The SMILES string of the molecule is C/C=C1\NC(=O)c2cccc(n2)CNC(=O)C[C@@H](/C=C/CCSC(c2ccccc2)(c2ccccc2)c2ccccc2)OC(=O)[C@H](CC)NC1=O. The van der Waals surface area contributed by atoms with Crippen LogP contribution in [0, 0.1) is 0 Å². The summed E-state index contributed by atoms with van der Waals surface area (Å²) in [5.41, 5.74) is 4.00. The molecule has 2 heterocycles. The number of fused-ring (bicyclic) bond motifs is 2. The number of carbonyl (C=O) groups is 4. The van der Waals surface area contributed by atoms with E-state index in [0.29, 0.717) is 12.1 Å². The lowest BCUT2D eigenvalue weighted by Gasteiger charge is -2.35. The average molecular weight is 703 g/mol. The summed E-state index contributed by atoms with van der Waals surface area (Å²) in [5.74, 6) is -1.56. The van der Waals surface area contributed by atoms with Crippen LogP contribution in [-0.2, 0) is 30.4 Å². The van der Waals surface area contributed by atoms with Crippen molar-refractivity contribution in [2.45, 2.75) is 56.5 Å². The molecular formula is C41H42N4O5S. The number of amides is 3. The number of nitrogens with zero attached hydrogens (tertiary/aromatic N) is 1. The Morgan fingerprint density at radius 1 is 0.824 bits per heavy atom. The van der Waals surface area contributed by atoms with Crippen molar-refractivity contribution < 1.29 is 23.9 Å². The Labute approximate surface area is 303 Å². The molecule has 0 spiro atoms. The number of esters is 1. The highest BCUT2D eigenvalue weighted by Crippen LogP contribution is 2.48. The van der Waals surface area contributed by atoms with E-state index in [1.807, 2.05) is 36.0 Å². The summed E-state index contributed by atoms with van der Waals surface area (Å²) < 4.78 is 5.36. The van der Waals surface area contributed by atoms with E-state index < -0.39 is 34.7 Å². The van der Waals surface area contributed by atoms with Crippen LogP contribution in [0.2, 0.25) is 0 Å². The smallest absolute Gasteiger partial charge is 0.329 e. The van der Waals surface area contributed by atoms with Crippen LogP contribution in [0.4, 0.5) is 0 Å². The summed E-state index contributed by atoms with van der Waals surface area (Å²) in [6.45, 7) is 3.41. The summed E-state index contributed by atoms with van der Waals surface area (Å²) in [7, 11) is 0. The molecule has 0 aliphatic carbocycles. The number of allylic oxidation sites excluding steroid dienone is 2. The number of ether oxygens (including phenoxy) is 1. The van der Waals surface area contributed by atoms with Gasteiger partial charge in [0.2, 0.25) is 5.91 Å². The fraction of sp³-hybridized carbons (Fsp3) is 0.244. The molecule has 10 heteroatoms. The van der Waals surface area contributed by atoms with Gasteiger partial charge in [0.1, 0.15) is 23.5 Å². The van der Waals surface area contributed by atoms with Crippen molar-refractivity contribution in [2.75, 3.05) is 5.75 Å². The maximum absolute atomic E-state index is 13.4. The van der Waals surface area contributed by atoms with E-state index >= 15 is 0 Å². The van der Waals surface area contributed by atoms with Crippen molar-refractivity contribution in [2.24, 2.45) is 0 Å². The van der Waals surface area contributed by atoms with Gasteiger partial charge < -0.3 is 20.7 Å². The highest BCUT2D eigenvalue weighted by molar-refractivity contribution is 8.00. The van der Waals surface area contributed by atoms with Gasteiger partial charge in [-0.25, -0.2) is 9.78 Å². The lowest BCUT2D eigenvalue weighted by atomic mass is 9.84. The Morgan fingerprint density at radius 2 is 1.43 bits per heavy atom. The summed E-state index contributed by atoms with van der Waals surface area (Å²) in [4.78, 5) is 56.7. The number of carbonyl (C=O) groups excluding carboxylic acids is 4. The molecule has 0 radical (unpaired) electrons. The van der Waals surface area contributed by atoms with Gasteiger partial charge in [0, 0.05) is 0 Å². The molecule has 4 aromatic rings. The average Bonchev–Trinajstić information content (AvgIpc) is 3.17. The van der Waals surface area contributed by atoms with Crippen LogP contribution >= 0.6 is 11.8 Å². The molecule has 3 aromatic carbocycles. The van der Waals surface area contributed by atoms with Crippen LogP contribution in [0.25, 0.3) is 0 Å². The number of benzene rings is 3. The van der Waals surface area contributed by atoms with Gasteiger partial charge in [-0.1, -0.05) is 116 Å². The van der Waals surface area contributed by atoms with E-state index in [0.717, 1.165) is 22.4 Å². The third kappa shape index (κ3) is 9.40. The second kappa shape index (κ2) is 18.0. The summed E-state index contributed by atoms with van der Waals surface area (Å²) in [6.07, 6.45) is 4.96. The third-order valence-corrected chi connectivity index (χ3v) is 10.0. The Kier molecular flexibility index (Phi) is 13.0. The monoisotopic (exact) mass is 702 g/mol. The molecule has 1 aliphatic rings. The topological polar surface area (TPSA) is 126 Å². The number of hydrogen-bond donors (Lipinski definition) is 3. The number of thioether (sulfide) groups is 1. The molecule has 51 heavy (non-hydrogen) atoms. The van der Waals surface area contributed by atoms with E-state index in [-0.39, 0.29) is 36.7 Å². The van der Waals surface area contributed by atoms with Crippen molar-refractivity contribution in [3.63, 3.8) is 0 Å². The zero-order chi connectivity index (χ0) is 36.1. The molecule has 2 atom stereocenters. The van der Waals surface area contributed by atoms with Crippen LogP contribution in [0.5, 0.6) is 0 Å². The molecule has 5 rings (SSSR count). The normalized spacial score (nSPS) is 18.5. The molecule has 0 saturated heterocycles. The fourth-order valence-corrected chi connectivity index (χ4v) is 7.30. The van der Waals surface area contributed by atoms with E-state index in [4.69, 9.17) is 4.74 Å². The van der Waals surface area contributed by atoms with Crippen molar-refractivity contribution in [3.05, 3.63) is 161 Å². The zero-order valence-electron chi connectivity index (χ0n) is 28.7. The molecule has 0 unspecified atom stereocenters. The van der Waals surface area contributed by atoms with Crippen LogP contribution in [-0.4, -0.2) is 46.6 Å². The lowest BCUT2D eigenvalue weighted by molar-refractivity contribution is -0.151. The highest BCUT2D eigenvalue weighted by atomic mass is 32.2. The second-order valence-corrected chi connectivity index (χ2v) is 13.2. The van der Waals surface area contributed by atoms with Gasteiger partial charge in [0.25, 0.3) is 11.8 Å². The molecule has 3 N–H and O–H groups in total. The first-order valence-electron chi connectivity index (χ1n) is 17.0. The summed E-state index contributed by atoms with van der Waals surface area (Å²) >= 11 is 1.81. The molecule has 2 bridgehead atoms. The number of rotatable bonds is 9. The van der Waals surface area contributed by atoms with Gasteiger partial charge in [0.05, 0.1) is 23.4 Å². The molecule has 1 aromatic heterocycles. The molecule has 0 fully saturated rings. The minimum Gasteiger partial charge on any atom is -0.456 e. The Balaban J connectivity index is 1.37. The maximum Gasteiger partial charge on any atom is 0.329 e. The van der Waals surface area contributed by atoms with Gasteiger partial charge in [-0.3, -0.25) is 14.4 Å². The molecule has 3 amide bonds. The van der Waals surface area contributed by atoms with Crippen molar-refractivity contribution >= 4 is 35.5 Å². The second-order valence-electron chi connectivity index (χ2n) is 11.9. The molecule has 0 saturated carbocycles. The van der Waals surface area contributed by atoms with Gasteiger partial charge in [0.15, 0.2) is 0 Å². The van der Waals surface area contributed by atoms with Gasteiger partial charge in [-0.2, -0.15) is 0 Å². The van der Waals surface area contributed by atoms with Crippen LogP contribution in [0.3, 0.4) is 0 Å². The first-order valence-corrected chi connectivity index (χ1v) is 18.0. The number of cyclic esters (lactones) is 1.